The third-order valence-corrected chi connectivity index (χ3v) is 4.25. The third-order valence-electron chi connectivity index (χ3n) is 4.25. The number of nitrogens with zero attached hydrogens (tertiary/aromatic N) is 2. The largest absolute Gasteiger partial charge is 0.497 e. The highest BCUT2D eigenvalue weighted by Crippen LogP contribution is 2.26. The van der Waals surface area contributed by atoms with Crippen molar-refractivity contribution in [2.75, 3.05) is 33.3 Å². The van der Waals surface area contributed by atoms with Gasteiger partial charge < -0.3 is 20.1 Å². The standard InChI is InChI=1S/C18H25F5N4O2/c1-3-24-17(26-13-6-7-27(10-13)11-18(21,22)23)25-9-12-8-14(28-2)4-5-15(12)29-16(19)20/h4-5,8,13,16H,3,6-7,9-11H2,1-2H3,(H2,24,25,26). The highest BCUT2D eigenvalue weighted by Gasteiger charge is 2.34. The second kappa shape index (κ2) is 10.5. The summed E-state index contributed by atoms with van der Waals surface area (Å²) in [5.74, 6) is 0.836. The van der Waals surface area contributed by atoms with Crippen LogP contribution in [0.5, 0.6) is 11.5 Å². The number of rotatable bonds is 8. The van der Waals surface area contributed by atoms with Crippen LogP contribution in [-0.4, -0.2) is 63.0 Å². The summed E-state index contributed by atoms with van der Waals surface area (Å²) in [7, 11) is 1.45. The van der Waals surface area contributed by atoms with Crippen molar-refractivity contribution in [2.45, 2.75) is 38.7 Å². The van der Waals surface area contributed by atoms with E-state index in [0.717, 1.165) is 0 Å². The van der Waals surface area contributed by atoms with Crippen molar-refractivity contribution in [3.63, 3.8) is 0 Å². The van der Waals surface area contributed by atoms with Crippen molar-refractivity contribution in [1.29, 1.82) is 0 Å². The number of halogens is 5. The SMILES string of the molecule is CCNC(=NCc1cc(OC)ccc1OC(F)F)NC1CCN(CC(F)(F)F)C1. The van der Waals surface area contributed by atoms with E-state index in [0.29, 0.717) is 36.8 Å². The minimum Gasteiger partial charge on any atom is -0.497 e. The number of guanidine groups is 1. The highest BCUT2D eigenvalue weighted by molar-refractivity contribution is 5.80. The van der Waals surface area contributed by atoms with Crippen LogP contribution >= 0.6 is 0 Å². The molecule has 1 aromatic carbocycles. The van der Waals surface area contributed by atoms with E-state index in [1.54, 1.807) is 6.07 Å². The van der Waals surface area contributed by atoms with E-state index in [1.165, 1.54) is 24.1 Å². The molecule has 0 aliphatic carbocycles. The fourth-order valence-corrected chi connectivity index (χ4v) is 3.04. The molecule has 1 atom stereocenters. The zero-order valence-corrected chi connectivity index (χ0v) is 16.2. The van der Waals surface area contributed by atoms with Crippen molar-refractivity contribution < 1.29 is 31.4 Å². The molecule has 0 saturated carbocycles. The molecule has 2 N–H and O–H groups in total. The van der Waals surface area contributed by atoms with Crippen LogP contribution in [0.2, 0.25) is 0 Å². The molecule has 11 heteroatoms. The lowest BCUT2D eigenvalue weighted by Gasteiger charge is -2.20. The second-order valence-electron chi connectivity index (χ2n) is 6.53. The maximum absolute atomic E-state index is 12.6. The molecule has 0 radical (unpaired) electrons. The van der Waals surface area contributed by atoms with Gasteiger partial charge >= 0.3 is 12.8 Å². The minimum absolute atomic E-state index is 0.0161. The molecular weight excluding hydrogens is 399 g/mol. The Morgan fingerprint density at radius 1 is 1.34 bits per heavy atom. The molecule has 1 unspecified atom stereocenters. The van der Waals surface area contributed by atoms with Gasteiger partial charge in [-0.1, -0.05) is 0 Å². The van der Waals surface area contributed by atoms with Crippen LogP contribution in [0.3, 0.4) is 0 Å². The Bertz CT molecular complexity index is 685. The molecule has 1 aliphatic rings. The van der Waals surface area contributed by atoms with E-state index < -0.39 is 19.3 Å². The van der Waals surface area contributed by atoms with Crippen LogP contribution in [0.1, 0.15) is 18.9 Å². The van der Waals surface area contributed by atoms with Crippen molar-refractivity contribution in [1.82, 2.24) is 15.5 Å². The fourth-order valence-electron chi connectivity index (χ4n) is 3.04. The minimum atomic E-state index is -4.24. The molecule has 29 heavy (non-hydrogen) atoms. The Kier molecular flexibility index (Phi) is 8.30. The molecule has 1 aliphatic heterocycles. The van der Waals surface area contributed by atoms with Gasteiger partial charge in [0.05, 0.1) is 20.2 Å². The Morgan fingerprint density at radius 3 is 2.72 bits per heavy atom. The Balaban J connectivity index is 2.05. The normalized spacial score (nSPS) is 18.2. The fraction of sp³-hybridized carbons (Fsp3) is 0.611. The van der Waals surface area contributed by atoms with Gasteiger partial charge in [-0.25, -0.2) is 4.99 Å². The van der Waals surface area contributed by atoms with Gasteiger partial charge in [0, 0.05) is 31.2 Å². The van der Waals surface area contributed by atoms with Crippen molar-refractivity contribution in [3.05, 3.63) is 23.8 Å². The van der Waals surface area contributed by atoms with E-state index in [2.05, 4.69) is 20.4 Å². The monoisotopic (exact) mass is 424 g/mol. The van der Waals surface area contributed by atoms with Gasteiger partial charge in [-0.05, 0) is 31.5 Å². The quantitative estimate of drug-likeness (QED) is 0.382. The first-order valence-electron chi connectivity index (χ1n) is 9.16. The number of hydrogen-bond acceptors (Lipinski definition) is 4. The third kappa shape index (κ3) is 7.92. The van der Waals surface area contributed by atoms with E-state index in [4.69, 9.17) is 4.74 Å². The topological polar surface area (TPSA) is 58.1 Å². The molecular formula is C18H25F5N4O2. The summed E-state index contributed by atoms with van der Waals surface area (Å²) in [6.07, 6.45) is -3.69. The lowest BCUT2D eigenvalue weighted by atomic mass is 10.2. The molecule has 2 rings (SSSR count). The van der Waals surface area contributed by atoms with E-state index in [-0.39, 0.29) is 24.9 Å². The molecule has 1 heterocycles. The average molecular weight is 424 g/mol. The molecule has 0 aromatic heterocycles. The van der Waals surface area contributed by atoms with E-state index in [9.17, 15) is 22.0 Å². The molecule has 1 aromatic rings. The van der Waals surface area contributed by atoms with Crippen molar-refractivity contribution in [2.24, 2.45) is 4.99 Å². The highest BCUT2D eigenvalue weighted by atomic mass is 19.4. The van der Waals surface area contributed by atoms with E-state index in [1.807, 2.05) is 6.92 Å². The first kappa shape index (κ1) is 23.0. The summed E-state index contributed by atoms with van der Waals surface area (Å²) in [5, 5.41) is 6.11. The lowest BCUT2D eigenvalue weighted by molar-refractivity contribution is -0.143. The maximum atomic E-state index is 12.6. The second-order valence-corrected chi connectivity index (χ2v) is 6.53. The molecule has 0 amide bonds. The van der Waals surface area contributed by atoms with Crippen LogP contribution in [0.25, 0.3) is 0 Å². The Labute approximate surface area is 166 Å². The van der Waals surface area contributed by atoms with Crippen molar-refractivity contribution in [3.8, 4) is 11.5 Å². The number of hydrogen-bond donors (Lipinski definition) is 2. The molecule has 6 nitrogen and oxygen atoms in total. The van der Waals surface area contributed by atoms with Crippen LogP contribution in [0.15, 0.2) is 23.2 Å². The summed E-state index contributed by atoms with van der Waals surface area (Å²) in [6.45, 7) is -0.954. The summed E-state index contributed by atoms with van der Waals surface area (Å²) >= 11 is 0. The summed E-state index contributed by atoms with van der Waals surface area (Å²) in [5.41, 5.74) is 0.395. The number of nitrogens with one attached hydrogen (secondary N) is 2. The molecule has 164 valence electrons. The number of likely N-dealkylation sites (tertiary alicyclic amines) is 1. The van der Waals surface area contributed by atoms with Gasteiger partial charge in [0.25, 0.3) is 0 Å². The van der Waals surface area contributed by atoms with Crippen LogP contribution in [0.4, 0.5) is 22.0 Å². The predicted molar refractivity (Wildman–Crippen MR) is 98.5 cm³/mol. The van der Waals surface area contributed by atoms with Crippen LogP contribution in [0, 0.1) is 0 Å². The van der Waals surface area contributed by atoms with Crippen molar-refractivity contribution >= 4 is 5.96 Å². The molecule has 0 spiro atoms. The summed E-state index contributed by atoms with van der Waals surface area (Å²) in [4.78, 5) is 5.69. The number of ether oxygens (including phenoxy) is 2. The molecule has 0 bridgehead atoms. The predicted octanol–water partition coefficient (Wildman–Crippen LogP) is 2.99. The number of alkyl halides is 5. The van der Waals surface area contributed by atoms with Gasteiger partial charge in [0.2, 0.25) is 0 Å². The summed E-state index contributed by atoms with van der Waals surface area (Å²) < 4.78 is 72.5. The van der Waals surface area contributed by atoms with Gasteiger partial charge in [-0.15, -0.1) is 0 Å². The van der Waals surface area contributed by atoms with E-state index >= 15 is 0 Å². The first-order valence-corrected chi connectivity index (χ1v) is 9.16. The van der Waals surface area contributed by atoms with Crippen LogP contribution < -0.4 is 20.1 Å². The van der Waals surface area contributed by atoms with Gasteiger partial charge in [0.15, 0.2) is 5.96 Å². The maximum Gasteiger partial charge on any atom is 0.401 e. The lowest BCUT2D eigenvalue weighted by Crippen LogP contribution is -2.45. The number of benzene rings is 1. The summed E-state index contributed by atoms with van der Waals surface area (Å²) in [6, 6.07) is 4.23. The molecule has 1 fully saturated rings. The van der Waals surface area contributed by atoms with Crippen LogP contribution in [-0.2, 0) is 6.54 Å². The van der Waals surface area contributed by atoms with Gasteiger partial charge in [-0.3, -0.25) is 4.90 Å². The zero-order valence-electron chi connectivity index (χ0n) is 16.2. The van der Waals surface area contributed by atoms with Gasteiger partial charge in [0.1, 0.15) is 11.5 Å². The number of methoxy groups -OCH3 is 1. The molecule has 1 saturated heterocycles. The Morgan fingerprint density at radius 2 is 2.10 bits per heavy atom. The van der Waals surface area contributed by atoms with Gasteiger partial charge in [-0.2, -0.15) is 22.0 Å². The average Bonchev–Trinajstić information content (AvgIpc) is 3.05. The number of aliphatic imine (C=N–C) groups is 1. The first-order chi connectivity index (χ1) is 13.7. The smallest absolute Gasteiger partial charge is 0.401 e. The zero-order chi connectivity index (χ0) is 21.4. The Hall–Kier alpha value is -2.30.